The van der Waals surface area contributed by atoms with Gasteiger partial charge in [0.2, 0.25) is 0 Å². The molecule has 2 aromatic heterocycles. The summed E-state index contributed by atoms with van der Waals surface area (Å²) >= 11 is 0. The second-order valence-electron chi connectivity index (χ2n) is 6.16. The summed E-state index contributed by atoms with van der Waals surface area (Å²) in [7, 11) is 0. The molecule has 3 rings (SSSR count). The van der Waals surface area contributed by atoms with Crippen LogP contribution in [0, 0.1) is 19.7 Å². The molecule has 0 saturated heterocycles. The van der Waals surface area contributed by atoms with E-state index in [0.29, 0.717) is 16.9 Å². The third kappa shape index (κ3) is 3.17. The molecule has 0 bridgehead atoms. The third-order valence-corrected chi connectivity index (χ3v) is 4.00. The van der Waals surface area contributed by atoms with Crippen molar-refractivity contribution in [1.29, 1.82) is 0 Å². The van der Waals surface area contributed by atoms with Crippen LogP contribution in [0.1, 0.15) is 41.6 Å². The lowest BCUT2D eigenvalue weighted by molar-refractivity contribution is 0.102. The molecule has 1 aromatic carbocycles. The van der Waals surface area contributed by atoms with E-state index >= 15 is 0 Å². The number of anilines is 1. The molecule has 3 aromatic rings. The molecule has 0 aliphatic heterocycles. The predicted molar refractivity (Wildman–Crippen MR) is 93.6 cm³/mol. The van der Waals surface area contributed by atoms with Crippen molar-refractivity contribution in [3.63, 3.8) is 0 Å². The van der Waals surface area contributed by atoms with Gasteiger partial charge in [0.15, 0.2) is 0 Å². The Labute approximate surface area is 145 Å². The Kier molecular flexibility index (Phi) is 4.39. The van der Waals surface area contributed by atoms with Crippen molar-refractivity contribution in [3.05, 3.63) is 59.4 Å². The minimum Gasteiger partial charge on any atom is -0.319 e. The molecule has 0 saturated carbocycles. The van der Waals surface area contributed by atoms with Crippen molar-refractivity contribution in [2.24, 2.45) is 0 Å². The highest BCUT2D eigenvalue weighted by Crippen LogP contribution is 2.23. The quantitative estimate of drug-likeness (QED) is 0.788. The first-order valence-electron chi connectivity index (χ1n) is 8.05. The second kappa shape index (κ2) is 6.51. The highest BCUT2D eigenvalue weighted by Gasteiger charge is 2.18. The Morgan fingerprint density at radius 1 is 1.24 bits per heavy atom. The lowest BCUT2D eigenvalue weighted by Crippen LogP contribution is -2.13. The van der Waals surface area contributed by atoms with Crippen molar-refractivity contribution in [2.75, 3.05) is 5.32 Å². The SMILES string of the molecule is Cc1nn(C(C)C)c(C)c1NC(=O)c1cnn(-c2ccccc2F)c1. The summed E-state index contributed by atoms with van der Waals surface area (Å²) < 4.78 is 17.1. The third-order valence-electron chi connectivity index (χ3n) is 4.00. The molecule has 7 heteroatoms. The van der Waals surface area contributed by atoms with E-state index in [0.717, 1.165) is 11.4 Å². The largest absolute Gasteiger partial charge is 0.319 e. The first-order valence-corrected chi connectivity index (χ1v) is 8.05. The molecule has 0 radical (unpaired) electrons. The summed E-state index contributed by atoms with van der Waals surface area (Å²) in [5.41, 5.74) is 2.97. The first kappa shape index (κ1) is 16.9. The molecule has 0 fully saturated rings. The van der Waals surface area contributed by atoms with Crippen LogP contribution in [-0.4, -0.2) is 25.5 Å². The van der Waals surface area contributed by atoms with Crippen LogP contribution in [0.5, 0.6) is 0 Å². The minimum absolute atomic E-state index is 0.202. The fraction of sp³-hybridized carbons (Fsp3) is 0.278. The van der Waals surface area contributed by atoms with Gasteiger partial charge in [-0.1, -0.05) is 12.1 Å². The van der Waals surface area contributed by atoms with E-state index in [-0.39, 0.29) is 11.9 Å². The van der Waals surface area contributed by atoms with Gasteiger partial charge in [-0.15, -0.1) is 0 Å². The summed E-state index contributed by atoms with van der Waals surface area (Å²) in [6.07, 6.45) is 2.92. The molecule has 0 unspecified atom stereocenters. The van der Waals surface area contributed by atoms with E-state index in [1.165, 1.54) is 23.1 Å². The number of hydrogen-bond donors (Lipinski definition) is 1. The maximum atomic E-state index is 13.8. The smallest absolute Gasteiger partial charge is 0.258 e. The molecule has 1 amide bonds. The maximum Gasteiger partial charge on any atom is 0.258 e. The molecule has 0 spiro atoms. The summed E-state index contributed by atoms with van der Waals surface area (Å²) in [4.78, 5) is 12.5. The number of aryl methyl sites for hydroxylation is 1. The van der Waals surface area contributed by atoms with E-state index in [9.17, 15) is 9.18 Å². The van der Waals surface area contributed by atoms with Crippen LogP contribution < -0.4 is 5.32 Å². The fourth-order valence-corrected chi connectivity index (χ4v) is 2.74. The Morgan fingerprint density at radius 3 is 2.60 bits per heavy atom. The van der Waals surface area contributed by atoms with E-state index in [1.807, 2.05) is 32.4 Å². The van der Waals surface area contributed by atoms with Crippen molar-refractivity contribution in [2.45, 2.75) is 33.7 Å². The van der Waals surface area contributed by atoms with Gasteiger partial charge in [0.1, 0.15) is 11.5 Å². The number of hydrogen-bond acceptors (Lipinski definition) is 3. The van der Waals surface area contributed by atoms with Crippen LogP contribution in [0.3, 0.4) is 0 Å². The molecular formula is C18H20FN5O. The average Bonchev–Trinajstić information content (AvgIpc) is 3.16. The molecule has 25 heavy (non-hydrogen) atoms. The van der Waals surface area contributed by atoms with E-state index < -0.39 is 5.82 Å². The average molecular weight is 341 g/mol. The lowest BCUT2D eigenvalue weighted by Gasteiger charge is -2.09. The summed E-state index contributed by atoms with van der Waals surface area (Å²) in [5.74, 6) is -0.709. The Hall–Kier alpha value is -2.96. The number of carbonyl (C=O) groups is 1. The Bertz CT molecular complexity index is 925. The van der Waals surface area contributed by atoms with Gasteiger partial charge in [-0.3, -0.25) is 9.48 Å². The van der Waals surface area contributed by atoms with Crippen molar-refractivity contribution >= 4 is 11.6 Å². The van der Waals surface area contributed by atoms with Crippen molar-refractivity contribution < 1.29 is 9.18 Å². The standard InChI is InChI=1S/C18H20FN5O/c1-11(2)24-13(4)17(12(3)22-24)21-18(25)14-9-20-23(10-14)16-8-6-5-7-15(16)19/h5-11H,1-4H3,(H,21,25). The van der Waals surface area contributed by atoms with Gasteiger partial charge in [-0.05, 0) is 39.8 Å². The van der Waals surface area contributed by atoms with E-state index in [1.54, 1.807) is 18.2 Å². The van der Waals surface area contributed by atoms with E-state index in [2.05, 4.69) is 15.5 Å². The molecule has 130 valence electrons. The zero-order valence-electron chi connectivity index (χ0n) is 14.6. The van der Waals surface area contributed by atoms with Gasteiger partial charge in [-0.2, -0.15) is 10.2 Å². The fourth-order valence-electron chi connectivity index (χ4n) is 2.74. The van der Waals surface area contributed by atoms with Crippen molar-refractivity contribution in [3.8, 4) is 5.69 Å². The minimum atomic E-state index is -0.401. The summed E-state index contributed by atoms with van der Waals surface area (Å²) in [5, 5.41) is 11.4. The van der Waals surface area contributed by atoms with E-state index in [4.69, 9.17) is 0 Å². The lowest BCUT2D eigenvalue weighted by atomic mass is 10.2. The molecule has 0 aliphatic carbocycles. The molecule has 1 N–H and O–H groups in total. The van der Waals surface area contributed by atoms with Gasteiger partial charge in [-0.25, -0.2) is 9.07 Å². The van der Waals surface area contributed by atoms with Gasteiger partial charge in [0.05, 0.1) is 28.8 Å². The monoisotopic (exact) mass is 341 g/mol. The maximum absolute atomic E-state index is 13.8. The normalized spacial score (nSPS) is 11.1. The number of rotatable bonds is 4. The zero-order chi connectivity index (χ0) is 18.1. The Morgan fingerprint density at radius 2 is 1.96 bits per heavy atom. The number of nitrogens with zero attached hydrogens (tertiary/aromatic N) is 4. The molecule has 0 atom stereocenters. The Balaban J connectivity index is 1.85. The summed E-state index contributed by atoms with van der Waals surface area (Å²) in [6, 6.07) is 6.48. The van der Waals surface area contributed by atoms with Crippen LogP contribution in [0.25, 0.3) is 5.69 Å². The molecule has 6 nitrogen and oxygen atoms in total. The van der Waals surface area contributed by atoms with Gasteiger partial charge < -0.3 is 5.32 Å². The highest BCUT2D eigenvalue weighted by atomic mass is 19.1. The number of aromatic nitrogens is 4. The predicted octanol–water partition coefficient (Wildman–Crippen LogP) is 3.66. The number of benzene rings is 1. The molecule has 2 heterocycles. The van der Waals surface area contributed by atoms with Crippen molar-refractivity contribution in [1.82, 2.24) is 19.6 Å². The van der Waals surface area contributed by atoms with Crippen LogP contribution in [0.4, 0.5) is 10.1 Å². The first-order chi connectivity index (χ1) is 11.9. The second-order valence-corrected chi connectivity index (χ2v) is 6.16. The highest BCUT2D eigenvalue weighted by molar-refractivity contribution is 6.04. The molecule has 0 aliphatic rings. The van der Waals surface area contributed by atoms with Gasteiger partial charge in [0.25, 0.3) is 5.91 Å². The van der Waals surface area contributed by atoms with Crippen LogP contribution >= 0.6 is 0 Å². The topological polar surface area (TPSA) is 64.7 Å². The number of carbonyl (C=O) groups excluding carboxylic acids is 1. The van der Waals surface area contributed by atoms with Gasteiger partial charge in [0, 0.05) is 12.2 Å². The van der Waals surface area contributed by atoms with Gasteiger partial charge >= 0.3 is 0 Å². The number of halogens is 1. The van der Waals surface area contributed by atoms with Crippen LogP contribution in [-0.2, 0) is 0 Å². The van der Waals surface area contributed by atoms with Crippen LogP contribution in [0.15, 0.2) is 36.7 Å². The zero-order valence-corrected chi connectivity index (χ0v) is 14.6. The van der Waals surface area contributed by atoms with Crippen LogP contribution in [0.2, 0.25) is 0 Å². The number of para-hydroxylation sites is 1. The number of amides is 1. The number of nitrogens with one attached hydrogen (secondary N) is 1. The molecular weight excluding hydrogens is 321 g/mol. The summed E-state index contributed by atoms with van der Waals surface area (Å²) in [6.45, 7) is 7.83.